The van der Waals surface area contributed by atoms with E-state index in [1.54, 1.807) is 48.8 Å². The first kappa shape index (κ1) is 22.2. The van der Waals surface area contributed by atoms with Gasteiger partial charge in [0.05, 0.1) is 4.90 Å². The molecule has 3 aromatic rings. The number of carboxylic acid groups (broad SMARTS) is 1. The summed E-state index contributed by atoms with van der Waals surface area (Å²) in [6.45, 7) is 1.90. The summed E-state index contributed by atoms with van der Waals surface area (Å²) in [5, 5.41) is 8.85. The number of aryl methyl sites for hydroxylation is 1. The Labute approximate surface area is 182 Å². The number of sulfonamides is 1. The second-order valence-corrected chi connectivity index (χ2v) is 8.82. The van der Waals surface area contributed by atoms with Crippen LogP contribution in [0.2, 0.25) is 0 Å². The molecular formula is C24H24N2O4S. The topological polar surface area (TPSA) is 96.4 Å². The van der Waals surface area contributed by atoms with E-state index in [1.165, 1.54) is 0 Å². The number of anilines is 1. The molecule has 6 nitrogen and oxygen atoms in total. The maximum atomic E-state index is 12.6. The number of carboxylic acids is 1. The molecule has 0 radical (unpaired) electrons. The third-order valence-corrected chi connectivity index (χ3v) is 6.09. The van der Waals surface area contributed by atoms with Gasteiger partial charge in [-0.25, -0.2) is 8.42 Å². The van der Waals surface area contributed by atoms with Gasteiger partial charge in [0.15, 0.2) is 0 Å². The largest absolute Gasteiger partial charge is 0.481 e. The number of allylic oxidation sites excluding steroid dienone is 1. The smallest absolute Gasteiger partial charge is 0.303 e. The highest BCUT2D eigenvalue weighted by molar-refractivity contribution is 7.92. The maximum absolute atomic E-state index is 12.6. The van der Waals surface area contributed by atoms with Gasteiger partial charge in [-0.05, 0) is 61.2 Å². The highest BCUT2D eigenvalue weighted by Crippen LogP contribution is 2.26. The van der Waals surface area contributed by atoms with E-state index in [4.69, 9.17) is 5.11 Å². The molecule has 0 fully saturated rings. The lowest BCUT2D eigenvalue weighted by atomic mass is 9.97. The third kappa shape index (κ3) is 6.26. The Morgan fingerprint density at radius 2 is 1.74 bits per heavy atom. The van der Waals surface area contributed by atoms with Crippen LogP contribution in [0, 0.1) is 6.92 Å². The Morgan fingerprint density at radius 3 is 2.35 bits per heavy atom. The minimum Gasteiger partial charge on any atom is -0.481 e. The Hall–Kier alpha value is -3.45. The summed E-state index contributed by atoms with van der Waals surface area (Å²) in [6, 6.07) is 17.5. The summed E-state index contributed by atoms with van der Waals surface area (Å²) in [6.07, 6.45) is 6.68. The number of carbonyl (C=O) groups is 1. The predicted molar refractivity (Wildman–Crippen MR) is 121 cm³/mol. The number of benzene rings is 2. The highest BCUT2D eigenvalue weighted by atomic mass is 32.2. The summed E-state index contributed by atoms with van der Waals surface area (Å²) in [4.78, 5) is 15.1. The van der Waals surface area contributed by atoms with E-state index in [0.717, 1.165) is 22.3 Å². The van der Waals surface area contributed by atoms with Gasteiger partial charge in [-0.1, -0.05) is 42.0 Å². The van der Waals surface area contributed by atoms with Crippen molar-refractivity contribution in [3.63, 3.8) is 0 Å². The molecular weight excluding hydrogens is 412 g/mol. The summed E-state index contributed by atoms with van der Waals surface area (Å²) < 4.78 is 27.8. The van der Waals surface area contributed by atoms with E-state index < -0.39 is 16.0 Å². The number of nitrogens with one attached hydrogen (secondary N) is 1. The van der Waals surface area contributed by atoms with Gasteiger partial charge < -0.3 is 5.11 Å². The second kappa shape index (κ2) is 10.0. The van der Waals surface area contributed by atoms with Crippen molar-refractivity contribution in [2.75, 3.05) is 4.72 Å². The van der Waals surface area contributed by atoms with Gasteiger partial charge in [-0.15, -0.1) is 0 Å². The van der Waals surface area contributed by atoms with Crippen LogP contribution >= 0.6 is 0 Å². The molecule has 3 rings (SSSR count). The first-order valence-electron chi connectivity index (χ1n) is 9.87. The minimum atomic E-state index is -3.67. The second-order valence-electron chi connectivity index (χ2n) is 7.14. The van der Waals surface area contributed by atoms with Crippen molar-refractivity contribution in [3.8, 4) is 0 Å². The van der Waals surface area contributed by atoms with Crippen molar-refractivity contribution < 1.29 is 18.3 Å². The monoisotopic (exact) mass is 436 g/mol. The van der Waals surface area contributed by atoms with Crippen LogP contribution in [-0.2, 0) is 14.8 Å². The number of unbranched alkanes of at least 4 members (excludes halogenated alkanes) is 1. The fourth-order valence-corrected chi connectivity index (χ4v) is 4.13. The normalized spacial score (nSPS) is 11.8. The molecule has 0 aliphatic rings. The van der Waals surface area contributed by atoms with E-state index in [0.29, 0.717) is 18.5 Å². The SMILES string of the molecule is Cc1ccc(S(=O)(=O)Nc2ccc(/C(=C/CCCC(=O)O)c3cccnc3)cc2)cc1. The standard InChI is InChI=1S/C24H24N2O4S/c1-18-8-14-22(15-9-18)31(29,30)26-21-12-10-19(11-13-21)23(6-2-3-7-24(27)28)20-5-4-16-25-17-20/h4-6,8-17,26H,2-3,7H2,1H3,(H,27,28)/b23-6-. The van der Waals surface area contributed by atoms with Crippen LogP contribution in [-0.4, -0.2) is 24.5 Å². The van der Waals surface area contributed by atoms with Gasteiger partial charge in [0, 0.05) is 30.1 Å². The van der Waals surface area contributed by atoms with Crippen molar-refractivity contribution in [2.45, 2.75) is 31.1 Å². The van der Waals surface area contributed by atoms with Crippen LogP contribution in [0.4, 0.5) is 5.69 Å². The van der Waals surface area contributed by atoms with E-state index >= 15 is 0 Å². The maximum Gasteiger partial charge on any atom is 0.303 e. The van der Waals surface area contributed by atoms with Gasteiger partial charge in [-0.3, -0.25) is 14.5 Å². The molecule has 2 N–H and O–H groups in total. The number of rotatable bonds is 9. The van der Waals surface area contributed by atoms with Crippen molar-refractivity contribution >= 4 is 27.3 Å². The number of nitrogens with zero attached hydrogens (tertiary/aromatic N) is 1. The molecule has 7 heteroatoms. The molecule has 0 saturated carbocycles. The molecule has 0 spiro atoms. The number of aromatic nitrogens is 1. The fourth-order valence-electron chi connectivity index (χ4n) is 3.07. The Kier molecular flexibility index (Phi) is 7.20. The minimum absolute atomic E-state index is 0.108. The Balaban J connectivity index is 1.81. The van der Waals surface area contributed by atoms with E-state index in [1.807, 2.05) is 37.3 Å². The average Bonchev–Trinajstić information content (AvgIpc) is 2.75. The van der Waals surface area contributed by atoms with Gasteiger partial charge in [0.25, 0.3) is 10.0 Å². The summed E-state index contributed by atoms with van der Waals surface area (Å²) in [5.74, 6) is -0.818. The first-order valence-corrected chi connectivity index (χ1v) is 11.4. The van der Waals surface area contributed by atoms with Crippen LogP contribution in [0.1, 0.15) is 36.0 Å². The van der Waals surface area contributed by atoms with Crippen molar-refractivity contribution in [3.05, 3.63) is 95.8 Å². The van der Waals surface area contributed by atoms with Gasteiger partial charge in [0.2, 0.25) is 0 Å². The van der Waals surface area contributed by atoms with Crippen molar-refractivity contribution in [1.82, 2.24) is 4.98 Å². The predicted octanol–water partition coefficient (Wildman–Crippen LogP) is 4.88. The van der Waals surface area contributed by atoms with Gasteiger partial charge in [-0.2, -0.15) is 0 Å². The molecule has 1 heterocycles. The zero-order valence-corrected chi connectivity index (χ0v) is 18.0. The van der Waals surface area contributed by atoms with Crippen LogP contribution in [0.15, 0.2) is 84.0 Å². The number of pyridine rings is 1. The molecule has 0 bridgehead atoms. The van der Waals surface area contributed by atoms with E-state index in [9.17, 15) is 13.2 Å². The molecule has 1 aromatic heterocycles. The van der Waals surface area contributed by atoms with E-state index in [2.05, 4.69) is 9.71 Å². The third-order valence-electron chi connectivity index (χ3n) is 4.70. The molecule has 0 saturated heterocycles. The number of hydrogen-bond acceptors (Lipinski definition) is 4. The van der Waals surface area contributed by atoms with E-state index in [-0.39, 0.29) is 11.3 Å². The molecule has 0 aliphatic carbocycles. The lowest BCUT2D eigenvalue weighted by Crippen LogP contribution is -2.12. The molecule has 160 valence electrons. The summed E-state index contributed by atoms with van der Waals surface area (Å²) in [5.41, 5.74) is 4.17. The highest BCUT2D eigenvalue weighted by Gasteiger charge is 2.14. The van der Waals surface area contributed by atoms with Crippen LogP contribution in [0.3, 0.4) is 0 Å². The lowest BCUT2D eigenvalue weighted by molar-refractivity contribution is -0.137. The van der Waals surface area contributed by atoms with Crippen molar-refractivity contribution in [1.29, 1.82) is 0 Å². The summed E-state index contributed by atoms with van der Waals surface area (Å²) in [7, 11) is -3.67. The molecule has 2 aromatic carbocycles. The zero-order chi connectivity index (χ0) is 22.3. The Morgan fingerprint density at radius 1 is 1.03 bits per heavy atom. The molecule has 0 aliphatic heterocycles. The lowest BCUT2D eigenvalue weighted by Gasteiger charge is -2.11. The molecule has 0 unspecified atom stereocenters. The van der Waals surface area contributed by atoms with Gasteiger partial charge >= 0.3 is 5.97 Å². The number of aliphatic carboxylic acids is 1. The number of hydrogen-bond donors (Lipinski definition) is 2. The zero-order valence-electron chi connectivity index (χ0n) is 17.2. The summed E-state index contributed by atoms with van der Waals surface area (Å²) >= 11 is 0. The quantitative estimate of drug-likeness (QED) is 0.466. The Bertz CT molecular complexity index is 1150. The first-order chi connectivity index (χ1) is 14.8. The fraction of sp³-hybridized carbons (Fsp3) is 0.167. The van der Waals surface area contributed by atoms with Crippen LogP contribution in [0.5, 0.6) is 0 Å². The van der Waals surface area contributed by atoms with Crippen LogP contribution in [0.25, 0.3) is 5.57 Å². The molecule has 31 heavy (non-hydrogen) atoms. The molecule has 0 amide bonds. The van der Waals surface area contributed by atoms with Crippen molar-refractivity contribution in [2.24, 2.45) is 0 Å². The average molecular weight is 437 g/mol. The van der Waals surface area contributed by atoms with Gasteiger partial charge in [0.1, 0.15) is 0 Å². The van der Waals surface area contributed by atoms with Crippen LogP contribution < -0.4 is 4.72 Å². The molecule has 0 atom stereocenters.